The van der Waals surface area contributed by atoms with Crippen molar-refractivity contribution in [2.75, 3.05) is 17.7 Å². The smallest absolute Gasteiger partial charge is 0.134 e. The second-order valence-electron chi connectivity index (χ2n) is 5.89. The average Bonchev–Trinajstić information content (AvgIpc) is 3.41. The van der Waals surface area contributed by atoms with Crippen LogP contribution in [0.4, 0.5) is 17.3 Å². The Balaban J connectivity index is 1.60. The first-order valence-electron chi connectivity index (χ1n) is 7.61. The first-order chi connectivity index (χ1) is 10.3. The van der Waals surface area contributed by atoms with Gasteiger partial charge in [0.25, 0.3) is 0 Å². The number of hydrogen-bond acceptors (Lipinski definition) is 5. The Morgan fingerprint density at radius 1 is 1.00 bits per heavy atom. The van der Waals surface area contributed by atoms with E-state index in [1.165, 1.54) is 31.4 Å². The number of aromatic nitrogens is 3. The van der Waals surface area contributed by atoms with Crippen LogP contribution in [0, 0.1) is 0 Å². The minimum absolute atomic E-state index is 0.578. The van der Waals surface area contributed by atoms with Crippen molar-refractivity contribution < 1.29 is 0 Å². The van der Waals surface area contributed by atoms with E-state index in [1.54, 1.807) is 0 Å². The highest BCUT2D eigenvalue weighted by Gasteiger charge is 2.31. The molecular weight excluding hydrogens is 262 g/mol. The zero-order valence-corrected chi connectivity index (χ0v) is 12.1. The van der Waals surface area contributed by atoms with Crippen LogP contribution in [0.1, 0.15) is 49.0 Å². The van der Waals surface area contributed by atoms with Gasteiger partial charge in [-0.25, -0.2) is 15.0 Å². The van der Waals surface area contributed by atoms with E-state index in [1.807, 2.05) is 25.4 Å². The van der Waals surface area contributed by atoms with Crippen molar-refractivity contribution in [3.8, 4) is 0 Å². The third-order valence-corrected chi connectivity index (χ3v) is 3.99. The zero-order chi connectivity index (χ0) is 14.2. The highest BCUT2D eigenvalue weighted by atomic mass is 15.1. The molecule has 2 saturated carbocycles. The lowest BCUT2D eigenvalue weighted by atomic mass is 10.2. The van der Waals surface area contributed by atoms with Crippen LogP contribution in [0.15, 0.2) is 24.4 Å². The largest absolute Gasteiger partial charge is 0.373 e. The van der Waals surface area contributed by atoms with Crippen molar-refractivity contribution in [3.05, 3.63) is 35.9 Å². The lowest BCUT2D eigenvalue weighted by molar-refractivity contribution is 0.876. The molecular formula is C16H19N5. The van der Waals surface area contributed by atoms with Crippen LogP contribution in [-0.4, -0.2) is 22.0 Å². The fourth-order valence-electron chi connectivity index (χ4n) is 2.43. The molecule has 21 heavy (non-hydrogen) atoms. The molecule has 0 saturated heterocycles. The molecule has 5 nitrogen and oxygen atoms in total. The van der Waals surface area contributed by atoms with Crippen LogP contribution in [0.25, 0.3) is 0 Å². The molecule has 5 heteroatoms. The second-order valence-corrected chi connectivity index (χ2v) is 5.89. The van der Waals surface area contributed by atoms with E-state index in [0.29, 0.717) is 11.8 Å². The van der Waals surface area contributed by atoms with E-state index >= 15 is 0 Å². The third kappa shape index (κ3) is 2.82. The van der Waals surface area contributed by atoms with E-state index in [4.69, 9.17) is 4.98 Å². The molecule has 0 aromatic carbocycles. The van der Waals surface area contributed by atoms with Gasteiger partial charge in [0, 0.05) is 30.6 Å². The molecule has 0 unspecified atom stereocenters. The van der Waals surface area contributed by atoms with Gasteiger partial charge in [-0.2, -0.15) is 0 Å². The molecule has 2 aliphatic rings. The van der Waals surface area contributed by atoms with Gasteiger partial charge in [0.1, 0.15) is 17.5 Å². The van der Waals surface area contributed by atoms with Crippen molar-refractivity contribution in [2.45, 2.75) is 37.5 Å². The zero-order valence-electron chi connectivity index (χ0n) is 12.1. The molecule has 0 atom stereocenters. The molecule has 2 aliphatic carbocycles. The summed E-state index contributed by atoms with van der Waals surface area (Å²) in [5.74, 6) is 4.00. The summed E-state index contributed by atoms with van der Waals surface area (Å²) in [6, 6.07) is 6.05. The van der Waals surface area contributed by atoms with E-state index < -0.39 is 0 Å². The van der Waals surface area contributed by atoms with Crippen LogP contribution in [-0.2, 0) is 0 Å². The average molecular weight is 281 g/mol. The lowest BCUT2D eigenvalue weighted by Crippen LogP contribution is -2.03. The van der Waals surface area contributed by atoms with Crippen LogP contribution in [0.3, 0.4) is 0 Å². The monoisotopic (exact) mass is 281 g/mol. The van der Waals surface area contributed by atoms with Crippen LogP contribution in [0.2, 0.25) is 0 Å². The fraction of sp³-hybridized carbons (Fsp3) is 0.438. The highest BCUT2D eigenvalue weighted by Crippen LogP contribution is 2.43. The Morgan fingerprint density at radius 2 is 1.81 bits per heavy atom. The summed E-state index contributed by atoms with van der Waals surface area (Å²) in [6.07, 6.45) is 6.80. The maximum atomic E-state index is 4.75. The number of nitrogens with one attached hydrogen (secondary N) is 2. The fourth-order valence-corrected chi connectivity index (χ4v) is 2.43. The maximum absolute atomic E-state index is 4.75. The van der Waals surface area contributed by atoms with E-state index in [-0.39, 0.29) is 0 Å². The van der Waals surface area contributed by atoms with Gasteiger partial charge < -0.3 is 10.6 Å². The standard InChI is InChI=1S/C16H19N5/c1-17-14-7-6-12(9-18-14)19-15-8-13(10-2-3-10)20-16(21-15)11-4-5-11/h6-11H,2-5H2,1H3,(H,17,18)(H,19,20,21). The van der Waals surface area contributed by atoms with Crippen LogP contribution < -0.4 is 10.6 Å². The molecule has 4 rings (SSSR count). The van der Waals surface area contributed by atoms with Gasteiger partial charge in [0.2, 0.25) is 0 Å². The van der Waals surface area contributed by atoms with Crippen LogP contribution >= 0.6 is 0 Å². The highest BCUT2D eigenvalue weighted by molar-refractivity contribution is 5.57. The summed E-state index contributed by atoms with van der Waals surface area (Å²) < 4.78 is 0. The summed E-state index contributed by atoms with van der Waals surface area (Å²) in [5, 5.41) is 6.38. The summed E-state index contributed by atoms with van der Waals surface area (Å²) in [7, 11) is 1.86. The number of rotatable bonds is 5. The predicted molar refractivity (Wildman–Crippen MR) is 83.0 cm³/mol. The van der Waals surface area contributed by atoms with Crippen molar-refractivity contribution in [3.63, 3.8) is 0 Å². The molecule has 0 aliphatic heterocycles. The molecule has 2 fully saturated rings. The van der Waals surface area contributed by atoms with Gasteiger partial charge in [-0.3, -0.25) is 0 Å². The number of hydrogen-bond donors (Lipinski definition) is 2. The number of pyridine rings is 1. The number of nitrogens with zero attached hydrogens (tertiary/aromatic N) is 3. The Bertz CT molecular complexity index is 614. The molecule has 2 N–H and O–H groups in total. The summed E-state index contributed by atoms with van der Waals surface area (Å²) in [4.78, 5) is 13.7. The SMILES string of the molecule is CNc1ccc(Nc2cc(C3CC3)nc(C3CC3)n2)cn1. The minimum Gasteiger partial charge on any atom is -0.373 e. The topological polar surface area (TPSA) is 62.7 Å². The van der Waals surface area contributed by atoms with Gasteiger partial charge in [0.15, 0.2) is 0 Å². The quantitative estimate of drug-likeness (QED) is 0.879. The summed E-state index contributed by atoms with van der Waals surface area (Å²) in [5.41, 5.74) is 2.16. The Hall–Kier alpha value is -2.17. The second kappa shape index (κ2) is 4.98. The minimum atomic E-state index is 0.578. The molecule has 2 aromatic rings. The molecule has 0 amide bonds. The van der Waals surface area contributed by atoms with Crippen molar-refractivity contribution >= 4 is 17.3 Å². The molecule has 0 spiro atoms. The van der Waals surface area contributed by atoms with E-state index in [9.17, 15) is 0 Å². The van der Waals surface area contributed by atoms with Gasteiger partial charge in [-0.05, 0) is 37.8 Å². The van der Waals surface area contributed by atoms with Gasteiger partial charge in [-0.15, -0.1) is 0 Å². The van der Waals surface area contributed by atoms with Crippen molar-refractivity contribution in [1.29, 1.82) is 0 Å². The Morgan fingerprint density at radius 3 is 2.43 bits per heavy atom. The number of anilines is 3. The van der Waals surface area contributed by atoms with Crippen LogP contribution in [0.5, 0.6) is 0 Å². The van der Waals surface area contributed by atoms with Crippen molar-refractivity contribution in [2.24, 2.45) is 0 Å². The first kappa shape index (κ1) is 12.6. The molecule has 2 heterocycles. The van der Waals surface area contributed by atoms with E-state index in [0.717, 1.165) is 23.1 Å². The summed E-state index contributed by atoms with van der Waals surface area (Å²) in [6.45, 7) is 0. The first-order valence-corrected chi connectivity index (χ1v) is 7.61. The Labute approximate surface area is 124 Å². The van der Waals surface area contributed by atoms with Gasteiger partial charge >= 0.3 is 0 Å². The lowest BCUT2D eigenvalue weighted by Gasteiger charge is -2.10. The van der Waals surface area contributed by atoms with Gasteiger partial charge in [-0.1, -0.05) is 0 Å². The maximum Gasteiger partial charge on any atom is 0.134 e. The predicted octanol–water partition coefficient (Wildman–Crippen LogP) is 3.41. The van der Waals surface area contributed by atoms with Crippen molar-refractivity contribution in [1.82, 2.24) is 15.0 Å². The van der Waals surface area contributed by atoms with Gasteiger partial charge in [0.05, 0.1) is 11.9 Å². The summed E-state index contributed by atoms with van der Waals surface area (Å²) >= 11 is 0. The molecule has 108 valence electrons. The third-order valence-electron chi connectivity index (χ3n) is 3.99. The molecule has 0 bridgehead atoms. The normalized spacial score (nSPS) is 17.6. The molecule has 2 aromatic heterocycles. The Kier molecular flexibility index (Phi) is 2.98. The molecule has 0 radical (unpaired) electrons. The van der Waals surface area contributed by atoms with E-state index in [2.05, 4.69) is 26.7 Å².